The number of thiophene rings is 1. The van der Waals surface area contributed by atoms with E-state index in [4.69, 9.17) is 4.74 Å². The van der Waals surface area contributed by atoms with Crippen LogP contribution < -0.4 is 4.74 Å². The minimum atomic E-state index is 0.00709. The van der Waals surface area contributed by atoms with Crippen LogP contribution >= 0.6 is 11.3 Å². The Bertz CT molecular complexity index is 714. The highest BCUT2D eigenvalue weighted by atomic mass is 32.1. The fourth-order valence-corrected chi connectivity index (χ4v) is 3.87. The van der Waals surface area contributed by atoms with Gasteiger partial charge in [-0.05, 0) is 49.3 Å². The number of amides is 1. The highest BCUT2D eigenvalue weighted by Crippen LogP contribution is 2.35. The second-order valence-corrected chi connectivity index (χ2v) is 6.80. The van der Waals surface area contributed by atoms with Crippen LogP contribution in [-0.2, 0) is 11.2 Å². The number of ether oxygens (including phenoxy) is 1. The number of carbonyl (C=O) groups is 1. The molecule has 1 aliphatic heterocycles. The lowest BCUT2D eigenvalue weighted by molar-refractivity contribution is -0.136. The summed E-state index contributed by atoms with van der Waals surface area (Å²) in [6, 6.07) is 4.12. The number of carbonyl (C=O) groups excluding carboxylic acids is 1. The lowest BCUT2D eigenvalue weighted by atomic mass is 9.98. The molecule has 0 saturated carbocycles. The molecule has 23 heavy (non-hydrogen) atoms. The maximum Gasteiger partial charge on any atom is 0.261 e. The van der Waals surface area contributed by atoms with Crippen LogP contribution in [0.15, 0.2) is 17.5 Å². The van der Waals surface area contributed by atoms with Crippen molar-refractivity contribution >= 4 is 17.2 Å². The SMILES string of the molecule is CCC1c2ccsc2CCN1C(=O)COc1cc(C)c(C)nn1. The Balaban J connectivity index is 1.67. The Labute approximate surface area is 140 Å². The summed E-state index contributed by atoms with van der Waals surface area (Å²) in [5.41, 5.74) is 3.17. The summed E-state index contributed by atoms with van der Waals surface area (Å²) in [5.74, 6) is 0.413. The van der Waals surface area contributed by atoms with E-state index in [-0.39, 0.29) is 18.6 Å². The van der Waals surface area contributed by atoms with E-state index in [1.54, 1.807) is 11.3 Å². The number of rotatable bonds is 4. The molecule has 0 radical (unpaired) electrons. The molecule has 122 valence electrons. The molecular weight excluding hydrogens is 310 g/mol. The third-order valence-corrected chi connectivity index (χ3v) is 5.35. The van der Waals surface area contributed by atoms with Crippen molar-refractivity contribution in [2.45, 2.75) is 39.7 Å². The van der Waals surface area contributed by atoms with Crippen LogP contribution in [0.5, 0.6) is 5.88 Å². The molecule has 2 aromatic rings. The van der Waals surface area contributed by atoms with Crippen LogP contribution in [0.25, 0.3) is 0 Å². The third kappa shape index (κ3) is 3.22. The van der Waals surface area contributed by atoms with Crippen LogP contribution in [0.2, 0.25) is 0 Å². The number of hydrogen-bond donors (Lipinski definition) is 0. The van der Waals surface area contributed by atoms with Crippen LogP contribution in [0.3, 0.4) is 0 Å². The molecule has 0 spiro atoms. The normalized spacial score (nSPS) is 17.0. The third-order valence-electron chi connectivity index (χ3n) is 4.35. The molecule has 1 aliphatic rings. The number of hydrogen-bond acceptors (Lipinski definition) is 5. The predicted octanol–water partition coefficient (Wildman–Crippen LogP) is 3.07. The molecule has 0 aromatic carbocycles. The Kier molecular flexibility index (Phi) is 4.61. The summed E-state index contributed by atoms with van der Waals surface area (Å²) < 4.78 is 5.56. The number of nitrogens with zero attached hydrogens (tertiary/aromatic N) is 3. The molecule has 1 atom stereocenters. The molecule has 1 unspecified atom stereocenters. The average Bonchev–Trinajstić information content (AvgIpc) is 3.03. The lowest BCUT2D eigenvalue weighted by Gasteiger charge is -2.35. The summed E-state index contributed by atoms with van der Waals surface area (Å²) in [5, 5.41) is 10.1. The molecule has 3 rings (SSSR count). The fourth-order valence-electron chi connectivity index (χ4n) is 2.95. The Morgan fingerprint density at radius 3 is 3.00 bits per heavy atom. The van der Waals surface area contributed by atoms with E-state index in [9.17, 15) is 4.79 Å². The van der Waals surface area contributed by atoms with Gasteiger partial charge in [0, 0.05) is 17.5 Å². The Hall–Kier alpha value is -1.95. The monoisotopic (exact) mass is 331 g/mol. The van der Waals surface area contributed by atoms with E-state index in [2.05, 4.69) is 28.6 Å². The van der Waals surface area contributed by atoms with E-state index in [1.165, 1.54) is 10.4 Å². The first kappa shape index (κ1) is 15.9. The second kappa shape index (κ2) is 6.66. The van der Waals surface area contributed by atoms with Crippen molar-refractivity contribution in [3.63, 3.8) is 0 Å². The molecule has 0 aliphatic carbocycles. The van der Waals surface area contributed by atoms with Gasteiger partial charge < -0.3 is 9.64 Å². The number of aromatic nitrogens is 2. The highest BCUT2D eigenvalue weighted by Gasteiger charge is 2.30. The van der Waals surface area contributed by atoms with Crippen LogP contribution in [0, 0.1) is 13.8 Å². The van der Waals surface area contributed by atoms with Gasteiger partial charge in [0.25, 0.3) is 5.91 Å². The fraction of sp³-hybridized carbons (Fsp3) is 0.471. The van der Waals surface area contributed by atoms with E-state index >= 15 is 0 Å². The van der Waals surface area contributed by atoms with Gasteiger partial charge in [-0.1, -0.05) is 6.92 Å². The largest absolute Gasteiger partial charge is 0.466 e. The van der Waals surface area contributed by atoms with Gasteiger partial charge in [0.2, 0.25) is 5.88 Å². The second-order valence-electron chi connectivity index (χ2n) is 5.80. The maximum absolute atomic E-state index is 12.6. The Morgan fingerprint density at radius 1 is 1.43 bits per heavy atom. The molecule has 6 heteroatoms. The summed E-state index contributed by atoms with van der Waals surface area (Å²) in [6.45, 7) is 6.73. The maximum atomic E-state index is 12.6. The zero-order valence-electron chi connectivity index (χ0n) is 13.7. The standard InChI is InChI=1S/C17H21N3O2S/c1-4-14-13-6-8-23-15(13)5-7-20(14)17(21)10-22-16-9-11(2)12(3)18-19-16/h6,8-9,14H,4-5,7,10H2,1-3H3. The zero-order chi connectivity index (χ0) is 16.4. The predicted molar refractivity (Wildman–Crippen MR) is 89.8 cm³/mol. The van der Waals surface area contributed by atoms with E-state index < -0.39 is 0 Å². The molecule has 5 nitrogen and oxygen atoms in total. The smallest absolute Gasteiger partial charge is 0.261 e. The van der Waals surface area contributed by atoms with E-state index in [0.29, 0.717) is 5.88 Å². The highest BCUT2D eigenvalue weighted by molar-refractivity contribution is 7.10. The first-order chi connectivity index (χ1) is 11.1. The van der Waals surface area contributed by atoms with Crippen molar-refractivity contribution in [3.05, 3.63) is 39.2 Å². The summed E-state index contributed by atoms with van der Waals surface area (Å²) in [6.07, 6.45) is 1.84. The minimum absolute atomic E-state index is 0.00709. The van der Waals surface area contributed by atoms with Crippen molar-refractivity contribution < 1.29 is 9.53 Å². The van der Waals surface area contributed by atoms with Crippen LogP contribution in [0.1, 0.15) is 41.1 Å². The van der Waals surface area contributed by atoms with E-state index in [1.807, 2.05) is 24.8 Å². The van der Waals surface area contributed by atoms with Crippen molar-refractivity contribution in [1.29, 1.82) is 0 Å². The van der Waals surface area contributed by atoms with Gasteiger partial charge in [-0.15, -0.1) is 16.4 Å². The van der Waals surface area contributed by atoms with Crippen LogP contribution in [0.4, 0.5) is 0 Å². The molecule has 0 N–H and O–H groups in total. The van der Waals surface area contributed by atoms with Gasteiger partial charge in [-0.3, -0.25) is 4.79 Å². The molecular formula is C17H21N3O2S. The van der Waals surface area contributed by atoms with Crippen LogP contribution in [-0.4, -0.2) is 34.2 Å². The Morgan fingerprint density at radius 2 is 2.26 bits per heavy atom. The van der Waals surface area contributed by atoms with Crippen molar-refractivity contribution in [2.75, 3.05) is 13.2 Å². The molecule has 2 aromatic heterocycles. The van der Waals surface area contributed by atoms with Gasteiger partial charge in [-0.2, -0.15) is 5.10 Å². The zero-order valence-corrected chi connectivity index (χ0v) is 14.5. The summed E-state index contributed by atoms with van der Waals surface area (Å²) >= 11 is 1.78. The van der Waals surface area contributed by atoms with Gasteiger partial charge in [0.05, 0.1) is 11.7 Å². The number of aryl methyl sites for hydroxylation is 2. The molecule has 0 saturated heterocycles. The summed E-state index contributed by atoms with van der Waals surface area (Å²) in [4.78, 5) is 15.9. The topological polar surface area (TPSA) is 55.3 Å². The first-order valence-corrected chi connectivity index (χ1v) is 8.77. The van der Waals surface area contributed by atoms with Crippen molar-refractivity contribution in [1.82, 2.24) is 15.1 Å². The van der Waals surface area contributed by atoms with Crippen molar-refractivity contribution in [2.24, 2.45) is 0 Å². The first-order valence-electron chi connectivity index (χ1n) is 7.89. The van der Waals surface area contributed by atoms with E-state index in [0.717, 1.165) is 30.6 Å². The molecule has 3 heterocycles. The lowest BCUT2D eigenvalue weighted by Crippen LogP contribution is -2.41. The quantitative estimate of drug-likeness (QED) is 0.864. The van der Waals surface area contributed by atoms with Crippen molar-refractivity contribution in [3.8, 4) is 5.88 Å². The van der Waals surface area contributed by atoms with Gasteiger partial charge in [-0.25, -0.2) is 0 Å². The minimum Gasteiger partial charge on any atom is -0.466 e. The molecule has 0 fully saturated rings. The average molecular weight is 331 g/mol. The van der Waals surface area contributed by atoms with Gasteiger partial charge in [0.1, 0.15) is 0 Å². The van der Waals surface area contributed by atoms with Gasteiger partial charge in [0.15, 0.2) is 6.61 Å². The molecule has 0 bridgehead atoms. The molecule has 1 amide bonds. The number of fused-ring (bicyclic) bond motifs is 1. The summed E-state index contributed by atoms with van der Waals surface area (Å²) in [7, 11) is 0. The van der Waals surface area contributed by atoms with Gasteiger partial charge >= 0.3 is 0 Å².